The summed E-state index contributed by atoms with van der Waals surface area (Å²) in [5.41, 5.74) is 0.972. The van der Waals surface area contributed by atoms with Gasteiger partial charge in [-0.15, -0.1) is 11.8 Å². The van der Waals surface area contributed by atoms with E-state index < -0.39 is 0 Å². The van der Waals surface area contributed by atoms with Gasteiger partial charge in [-0.05, 0) is 12.1 Å². The van der Waals surface area contributed by atoms with E-state index >= 15 is 0 Å². The lowest BCUT2D eigenvalue weighted by Crippen LogP contribution is -2.42. The molecule has 2 heterocycles. The minimum absolute atomic E-state index is 0.0335. The van der Waals surface area contributed by atoms with E-state index in [0.717, 1.165) is 10.6 Å². The van der Waals surface area contributed by atoms with Gasteiger partial charge in [0.1, 0.15) is 0 Å². The number of fused-ring (bicyclic) bond motifs is 1. The monoisotopic (exact) mass is 334 g/mol. The molecule has 2 aliphatic rings. The molecule has 2 amide bonds. The maximum atomic E-state index is 12.6. The van der Waals surface area contributed by atoms with Crippen LogP contribution in [-0.2, 0) is 14.3 Å². The second-order valence-electron chi connectivity index (χ2n) is 5.89. The van der Waals surface area contributed by atoms with Gasteiger partial charge in [0, 0.05) is 42.6 Å². The second-order valence-corrected chi connectivity index (χ2v) is 7.37. The fraction of sp³-hybridized carbons (Fsp3) is 0.529. The van der Waals surface area contributed by atoms with Gasteiger partial charge in [-0.2, -0.15) is 0 Å². The van der Waals surface area contributed by atoms with Gasteiger partial charge in [0.2, 0.25) is 11.8 Å². The number of carbonyl (C=O) groups is 2. The number of nitrogens with zero attached hydrogens (tertiary/aromatic N) is 2. The van der Waals surface area contributed by atoms with Gasteiger partial charge < -0.3 is 14.5 Å². The Morgan fingerprint density at radius 1 is 1.17 bits per heavy atom. The summed E-state index contributed by atoms with van der Waals surface area (Å²) in [6.07, 6.45) is 0.543. The summed E-state index contributed by atoms with van der Waals surface area (Å²) in [5.74, 6) is 0.0839. The first-order valence-corrected chi connectivity index (χ1v) is 8.94. The molecule has 0 aromatic heterocycles. The van der Waals surface area contributed by atoms with Crippen LogP contribution in [0.4, 0.5) is 5.69 Å². The van der Waals surface area contributed by atoms with Crippen molar-refractivity contribution in [3.8, 4) is 0 Å². The van der Waals surface area contributed by atoms with E-state index in [-0.39, 0.29) is 24.7 Å². The number of para-hydroxylation sites is 1. The molecule has 6 heteroatoms. The molecule has 0 bridgehead atoms. The first kappa shape index (κ1) is 16.3. The number of anilines is 1. The highest BCUT2D eigenvalue weighted by Crippen LogP contribution is 2.38. The van der Waals surface area contributed by atoms with Crippen LogP contribution in [0.1, 0.15) is 19.8 Å². The van der Waals surface area contributed by atoms with Gasteiger partial charge in [-0.25, -0.2) is 0 Å². The molecule has 3 rings (SSSR count). The molecule has 0 saturated carbocycles. The van der Waals surface area contributed by atoms with Crippen LogP contribution in [0.25, 0.3) is 0 Å². The van der Waals surface area contributed by atoms with Crippen molar-refractivity contribution in [2.24, 2.45) is 0 Å². The lowest BCUT2D eigenvalue weighted by atomic mass is 10.2. The lowest BCUT2D eigenvalue weighted by molar-refractivity contribution is -0.136. The van der Waals surface area contributed by atoms with Crippen molar-refractivity contribution in [3.05, 3.63) is 24.3 Å². The fourth-order valence-electron chi connectivity index (χ4n) is 2.95. The van der Waals surface area contributed by atoms with Crippen LogP contribution >= 0.6 is 11.8 Å². The van der Waals surface area contributed by atoms with Gasteiger partial charge in [0.05, 0.1) is 18.9 Å². The van der Waals surface area contributed by atoms with Crippen molar-refractivity contribution in [2.45, 2.75) is 29.9 Å². The van der Waals surface area contributed by atoms with Crippen LogP contribution in [0.2, 0.25) is 0 Å². The van der Waals surface area contributed by atoms with Crippen molar-refractivity contribution in [1.29, 1.82) is 0 Å². The minimum Gasteiger partial charge on any atom is -0.378 e. The predicted molar refractivity (Wildman–Crippen MR) is 90.7 cm³/mol. The standard InChI is InChI=1S/C17H22N2O3S/c1-13-12-19(14-4-2-3-5-15(14)23-13)17(21)7-6-16(20)18-8-10-22-11-9-18/h2-5,13H,6-12H2,1H3/t13-/m0/s1. The van der Waals surface area contributed by atoms with Crippen molar-refractivity contribution < 1.29 is 14.3 Å². The molecule has 0 aliphatic carbocycles. The van der Waals surface area contributed by atoms with Crippen LogP contribution in [0, 0.1) is 0 Å². The summed E-state index contributed by atoms with van der Waals surface area (Å²) in [7, 11) is 0. The van der Waals surface area contributed by atoms with Crippen molar-refractivity contribution in [2.75, 3.05) is 37.7 Å². The highest BCUT2D eigenvalue weighted by molar-refractivity contribution is 8.00. The number of hydrogen-bond donors (Lipinski definition) is 0. The Hall–Kier alpha value is -1.53. The van der Waals surface area contributed by atoms with E-state index in [1.807, 2.05) is 23.1 Å². The maximum Gasteiger partial charge on any atom is 0.227 e. The third-order valence-corrected chi connectivity index (χ3v) is 5.29. The van der Waals surface area contributed by atoms with Crippen LogP contribution in [0.5, 0.6) is 0 Å². The van der Waals surface area contributed by atoms with E-state index in [2.05, 4.69) is 13.0 Å². The minimum atomic E-state index is 0.0335. The summed E-state index contributed by atoms with van der Waals surface area (Å²) >= 11 is 1.80. The second kappa shape index (κ2) is 7.36. The molecule has 1 fully saturated rings. The zero-order valence-corrected chi connectivity index (χ0v) is 14.2. The van der Waals surface area contributed by atoms with Gasteiger partial charge >= 0.3 is 0 Å². The normalized spacial score (nSPS) is 21.0. The molecule has 23 heavy (non-hydrogen) atoms. The van der Waals surface area contributed by atoms with Gasteiger partial charge in [0.25, 0.3) is 0 Å². The number of amides is 2. The van der Waals surface area contributed by atoms with Crippen molar-refractivity contribution in [3.63, 3.8) is 0 Å². The Bertz CT molecular complexity index is 587. The highest BCUT2D eigenvalue weighted by atomic mass is 32.2. The van der Waals surface area contributed by atoms with Crippen LogP contribution in [0.15, 0.2) is 29.2 Å². The molecule has 1 saturated heterocycles. The summed E-state index contributed by atoms with van der Waals surface area (Å²) in [5, 5.41) is 0.365. The molecule has 124 valence electrons. The molecule has 0 N–H and O–H groups in total. The van der Waals surface area contributed by atoms with Gasteiger partial charge in [-0.1, -0.05) is 19.1 Å². The first-order chi connectivity index (χ1) is 11.1. The third kappa shape index (κ3) is 3.87. The molecular formula is C17H22N2O3S. The first-order valence-electron chi connectivity index (χ1n) is 8.06. The number of ether oxygens (including phenoxy) is 1. The fourth-order valence-corrected chi connectivity index (χ4v) is 4.06. The molecule has 0 radical (unpaired) electrons. The smallest absolute Gasteiger partial charge is 0.227 e. The summed E-state index contributed by atoms with van der Waals surface area (Å²) in [6, 6.07) is 7.98. The third-order valence-electron chi connectivity index (χ3n) is 4.14. The quantitative estimate of drug-likeness (QED) is 0.850. The van der Waals surface area contributed by atoms with E-state index in [1.165, 1.54) is 0 Å². The summed E-state index contributed by atoms with van der Waals surface area (Å²) in [4.78, 5) is 29.6. The van der Waals surface area contributed by atoms with Crippen LogP contribution < -0.4 is 4.90 Å². The van der Waals surface area contributed by atoms with Crippen molar-refractivity contribution in [1.82, 2.24) is 4.90 Å². The SMILES string of the molecule is C[C@H]1CN(C(=O)CCC(=O)N2CCOCC2)c2ccccc2S1. The summed E-state index contributed by atoms with van der Waals surface area (Å²) < 4.78 is 5.25. The Morgan fingerprint density at radius 2 is 1.87 bits per heavy atom. The average molecular weight is 334 g/mol. The number of benzene rings is 1. The number of rotatable bonds is 3. The van der Waals surface area contributed by atoms with E-state index in [9.17, 15) is 9.59 Å². The van der Waals surface area contributed by atoms with Crippen LogP contribution in [-0.4, -0.2) is 54.8 Å². The average Bonchev–Trinajstić information content (AvgIpc) is 2.59. The Kier molecular flexibility index (Phi) is 5.23. The number of hydrogen-bond acceptors (Lipinski definition) is 4. The molecule has 5 nitrogen and oxygen atoms in total. The lowest BCUT2D eigenvalue weighted by Gasteiger charge is -2.33. The zero-order chi connectivity index (χ0) is 16.2. The largest absolute Gasteiger partial charge is 0.378 e. The molecule has 0 unspecified atom stereocenters. The number of thioether (sulfide) groups is 1. The van der Waals surface area contributed by atoms with Crippen LogP contribution in [0.3, 0.4) is 0 Å². The molecular weight excluding hydrogens is 312 g/mol. The predicted octanol–water partition coefficient (Wildman–Crippen LogP) is 2.15. The summed E-state index contributed by atoms with van der Waals surface area (Å²) in [6.45, 7) is 5.27. The Morgan fingerprint density at radius 3 is 2.65 bits per heavy atom. The maximum absolute atomic E-state index is 12.6. The highest BCUT2D eigenvalue weighted by Gasteiger charge is 2.27. The van der Waals surface area contributed by atoms with Gasteiger partial charge in [-0.3, -0.25) is 9.59 Å². The topological polar surface area (TPSA) is 49.9 Å². The zero-order valence-electron chi connectivity index (χ0n) is 13.4. The van der Waals surface area contributed by atoms with E-state index in [4.69, 9.17) is 4.74 Å². The van der Waals surface area contributed by atoms with Crippen molar-refractivity contribution >= 4 is 29.3 Å². The Balaban J connectivity index is 1.61. The number of morpholine rings is 1. The van der Waals surface area contributed by atoms with E-state index in [1.54, 1.807) is 16.7 Å². The molecule has 1 aromatic carbocycles. The molecule has 1 aromatic rings. The van der Waals surface area contributed by atoms with Gasteiger partial charge in [0.15, 0.2) is 0 Å². The molecule has 1 atom stereocenters. The van der Waals surface area contributed by atoms with E-state index in [0.29, 0.717) is 38.1 Å². The molecule has 0 spiro atoms. The number of carbonyl (C=O) groups excluding carboxylic acids is 2. The Labute approximate surface area is 141 Å². The molecule has 2 aliphatic heterocycles.